The zero-order valence-corrected chi connectivity index (χ0v) is 23.2. The van der Waals surface area contributed by atoms with E-state index in [2.05, 4.69) is 36.3 Å². The number of halogens is 1. The monoisotopic (exact) mass is 546 g/mol. The summed E-state index contributed by atoms with van der Waals surface area (Å²) in [5.74, 6) is 0.0829. The van der Waals surface area contributed by atoms with Gasteiger partial charge in [-0.3, -0.25) is 19.3 Å². The number of carbonyl (C=O) groups is 3. The lowest BCUT2D eigenvalue weighted by Crippen LogP contribution is -2.53. The molecule has 0 radical (unpaired) electrons. The number of hydrogen-bond acceptors (Lipinski definition) is 6. The van der Waals surface area contributed by atoms with Gasteiger partial charge in [0.25, 0.3) is 11.8 Å². The molecule has 2 fully saturated rings. The fourth-order valence-electron chi connectivity index (χ4n) is 4.39. The van der Waals surface area contributed by atoms with Crippen molar-refractivity contribution in [2.75, 3.05) is 49.6 Å². The number of nitrogens with zero attached hydrogens (tertiary/aromatic N) is 2. The fraction of sp³-hybridized carbons (Fsp3) is 0.519. The molecule has 1 atom stereocenters. The summed E-state index contributed by atoms with van der Waals surface area (Å²) in [4.78, 5) is 42.9. The zero-order chi connectivity index (χ0) is 26.6. The summed E-state index contributed by atoms with van der Waals surface area (Å²) in [6.45, 7) is 9.26. The Balaban J connectivity index is 1.48. The molecule has 2 aromatic rings. The molecule has 10 heteroatoms. The van der Waals surface area contributed by atoms with E-state index in [9.17, 15) is 14.4 Å². The standard InChI is InChI=1S/C27H35ClN4O4S/c1-27(2,3)17-31(15-18-4-5-18)21(14-29-26(35)22-10-11-23(28)37-22)25(34)30-19-6-8-20(9-7-19)32-12-13-36-16-24(32)33/h6-11,18,21H,4-5,12-17H2,1-3H3,(H,29,35)(H,30,34)/t21-/m0/s1. The number of thiophene rings is 1. The Bertz CT molecular complexity index is 1110. The van der Waals surface area contributed by atoms with Crippen LogP contribution >= 0.6 is 22.9 Å². The summed E-state index contributed by atoms with van der Waals surface area (Å²) < 4.78 is 5.75. The van der Waals surface area contributed by atoms with Gasteiger partial charge in [0.15, 0.2) is 0 Å². The first-order valence-electron chi connectivity index (χ1n) is 12.7. The minimum Gasteiger partial charge on any atom is -0.370 e. The molecular weight excluding hydrogens is 512 g/mol. The third-order valence-corrected chi connectivity index (χ3v) is 7.53. The van der Waals surface area contributed by atoms with Gasteiger partial charge in [0.2, 0.25) is 5.91 Å². The average Bonchev–Trinajstić information content (AvgIpc) is 3.55. The van der Waals surface area contributed by atoms with Crippen molar-refractivity contribution in [3.63, 3.8) is 0 Å². The van der Waals surface area contributed by atoms with Crippen LogP contribution in [0.15, 0.2) is 36.4 Å². The van der Waals surface area contributed by atoms with Gasteiger partial charge < -0.3 is 20.3 Å². The molecule has 1 aromatic carbocycles. The van der Waals surface area contributed by atoms with Crippen molar-refractivity contribution in [2.24, 2.45) is 11.3 Å². The summed E-state index contributed by atoms with van der Waals surface area (Å²) in [5, 5.41) is 5.98. The molecule has 2 N–H and O–H groups in total. The molecule has 1 aliphatic heterocycles. The number of amides is 3. The predicted octanol–water partition coefficient (Wildman–Crippen LogP) is 4.26. The molecule has 8 nitrogen and oxygen atoms in total. The number of morpholine rings is 1. The molecule has 0 unspecified atom stereocenters. The Kier molecular flexibility index (Phi) is 8.90. The highest BCUT2D eigenvalue weighted by Crippen LogP contribution is 2.32. The molecule has 1 saturated heterocycles. The van der Waals surface area contributed by atoms with Crippen molar-refractivity contribution < 1.29 is 19.1 Å². The van der Waals surface area contributed by atoms with Crippen molar-refractivity contribution in [1.82, 2.24) is 10.2 Å². The molecule has 200 valence electrons. The Morgan fingerprint density at radius 1 is 1.19 bits per heavy atom. The van der Waals surface area contributed by atoms with Gasteiger partial charge in [0.1, 0.15) is 12.6 Å². The quantitative estimate of drug-likeness (QED) is 0.465. The molecule has 4 rings (SSSR count). The first kappa shape index (κ1) is 27.6. The van der Waals surface area contributed by atoms with Gasteiger partial charge in [0, 0.05) is 37.6 Å². The summed E-state index contributed by atoms with van der Waals surface area (Å²) >= 11 is 7.22. The molecule has 0 bridgehead atoms. The summed E-state index contributed by atoms with van der Waals surface area (Å²) in [6, 6.07) is 10.1. The van der Waals surface area contributed by atoms with Gasteiger partial charge >= 0.3 is 0 Å². The Hall–Kier alpha value is -2.46. The van der Waals surface area contributed by atoms with E-state index >= 15 is 0 Å². The number of benzene rings is 1. The van der Waals surface area contributed by atoms with E-state index in [1.807, 2.05) is 12.1 Å². The van der Waals surface area contributed by atoms with Crippen LogP contribution in [0.1, 0.15) is 43.3 Å². The highest BCUT2D eigenvalue weighted by molar-refractivity contribution is 7.18. The van der Waals surface area contributed by atoms with E-state index in [1.54, 1.807) is 29.2 Å². The van der Waals surface area contributed by atoms with E-state index < -0.39 is 6.04 Å². The second-order valence-electron chi connectivity index (χ2n) is 10.9. The second-order valence-corrected chi connectivity index (χ2v) is 12.6. The Labute approximate surface area is 227 Å². The van der Waals surface area contributed by atoms with E-state index in [0.717, 1.165) is 31.6 Å². The first-order valence-corrected chi connectivity index (χ1v) is 13.8. The van der Waals surface area contributed by atoms with Gasteiger partial charge in [0.05, 0.1) is 15.8 Å². The summed E-state index contributed by atoms with van der Waals surface area (Å²) in [7, 11) is 0. The van der Waals surface area contributed by atoms with Crippen LogP contribution in [-0.2, 0) is 14.3 Å². The van der Waals surface area contributed by atoms with Crippen LogP contribution in [0.3, 0.4) is 0 Å². The van der Waals surface area contributed by atoms with Crippen LogP contribution in [0.25, 0.3) is 0 Å². The number of carbonyl (C=O) groups excluding carboxylic acids is 3. The Morgan fingerprint density at radius 3 is 2.51 bits per heavy atom. The van der Waals surface area contributed by atoms with Crippen molar-refractivity contribution in [3.05, 3.63) is 45.6 Å². The maximum absolute atomic E-state index is 13.6. The van der Waals surface area contributed by atoms with Gasteiger partial charge in [-0.25, -0.2) is 0 Å². The van der Waals surface area contributed by atoms with Crippen LogP contribution < -0.4 is 15.5 Å². The van der Waals surface area contributed by atoms with Crippen LogP contribution in [0, 0.1) is 11.3 Å². The topological polar surface area (TPSA) is 91.0 Å². The van der Waals surface area contributed by atoms with Gasteiger partial charge in [-0.2, -0.15) is 0 Å². The van der Waals surface area contributed by atoms with Crippen LogP contribution in [0.5, 0.6) is 0 Å². The lowest BCUT2D eigenvalue weighted by Gasteiger charge is -2.36. The summed E-state index contributed by atoms with van der Waals surface area (Å²) in [5.41, 5.74) is 1.39. The van der Waals surface area contributed by atoms with Gasteiger partial charge in [-0.15, -0.1) is 11.3 Å². The van der Waals surface area contributed by atoms with Crippen LogP contribution in [0.2, 0.25) is 4.34 Å². The molecule has 0 spiro atoms. The van der Waals surface area contributed by atoms with Crippen molar-refractivity contribution in [2.45, 2.75) is 39.7 Å². The van der Waals surface area contributed by atoms with E-state index in [4.69, 9.17) is 16.3 Å². The number of hydrogen-bond donors (Lipinski definition) is 2. The highest BCUT2D eigenvalue weighted by atomic mass is 35.5. The number of rotatable bonds is 10. The van der Waals surface area contributed by atoms with E-state index in [1.165, 1.54) is 11.3 Å². The third kappa shape index (κ3) is 8.01. The summed E-state index contributed by atoms with van der Waals surface area (Å²) in [6.07, 6.45) is 2.33. The van der Waals surface area contributed by atoms with Crippen molar-refractivity contribution >= 4 is 52.0 Å². The zero-order valence-electron chi connectivity index (χ0n) is 21.6. The van der Waals surface area contributed by atoms with Crippen LogP contribution in [-0.4, -0.2) is 68.1 Å². The number of nitrogens with one attached hydrogen (secondary N) is 2. The minimum atomic E-state index is -0.542. The second kappa shape index (κ2) is 11.9. The number of anilines is 2. The largest absolute Gasteiger partial charge is 0.370 e. The van der Waals surface area contributed by atoms with E-state index in [0.29, 0.717) is 34.0 Å². The molecule has 37 heavy (non-hydrogen) atoms. The van der Waals surface area contributed by atoms with Crippen molar-refractivity contribution in [3.8, 4) is 0 Å². The molecule has 2 aliphatic rings. The SMILES string of the molecule is CC(C)(C)CN(CC1CC1)[C@@H](CNC(=O)c1ccc(Cl)s1)C(=O)Nc1ccc(N2CCOCC2=O)cc1. The lowest BCUT2D eigenvalue weighted by molar-refractivity contribution is -0.125. The minimum absolute atomic E-state index is 0.0228. The predicted molar refractivity (Wildman–Crippen MR) is 147 cm³/mol. The van der Waals surface area contributed by atoms with Crippen molar-refractivity contribution in [1.29, 1.82) is 0 Å². The average molecular weight is 547 g/mol. The highest BCUT2D eigenvalue weighted by Gasteiger charge is 2.34. The van der Waals surface area contributed by atoms with Gasteiger partial charge in [-0.1, -0.05) is 32.4 Å². The molecule has 2 heterocycles. The lowest BCUT2D eigenvalue weighted by atomic mass is 9.94. The smallest absolute Gasteiger partial charge is 0.261 e. The normalized spacial score (nSPS) is 17.1. The Morgan fingerprint density at radius 2 is 1.92 bits per heavy atom. The van der Waals surface area contributed by atoms with Crippen LogP contribution in [0.4, 0.5) is 11.4 Å². The fourth-order valence-corrected chi connectivity index (χ4v) is 5.34. The molecular formula is C27H35ClN4O4S. The molecule has 1 aliphatic carbocycles. The maximum Gasteiger partial charge on any atom is 0.261 e. The first-order chi connectivity index (χ1) is 17.6. The van der Waals surface area contributed by atoms with Gasteiger partial charge in [-0.05, 0) is 60.6 Å². The molecule has 1 saturated carbocycles. The number of ether oxygens (including phenoxy) is 1. The van der Waals surface area contributed by atoms with E-state index in [-0.39, 0.29) is 36.3 Å². The molecule has 1 aromatic heterocycles. The maximum atomic E-state index is 13.6. The molecule has 3 amide bonds. The third-order valence-electron chi connectivity index (χ3n) is 6.30.